The van der Waals surface area contributed by atoms with E-state index in [9.17, 15) is 9.18 Å². The van der Waals surface area contributed by atoms with E-state index in [2.05, 4.69) is 5.32 Å². The van der Waals surface area contributed by atoms with E-state index in [4.69, 9.17) is 4.74 Å². The average molecular weight is 308 g/mol. The van der Waals surface area contributed by atoms with Crippen LogP contribution in [0.2, 0.25) is 0 Å². The third-order valence-electron chi connectivity index (χ3n) is 4.22. The maximum absolute atomic E-state index is 13.3. The fourth-order valence-corrected chi connectivity index (χ4v) is 2.95. The Morgan fingerprint density at radius 3 is 3.05 bits per heavy atom. The Hall–Kier alpha value is -1.62. The van der Waals surface area contributed by atoms with Gasteiger partial charge in [0, 0.05) is 32.0 Å². The van der Waals surface area contributed by atoms with Crippen molar-refractivity contribution in [1.29, 1.82) is 0 Å². The predicted molar refractivity (Wildman–Crippen MR) is 85.6 cm³/mol. The monoisotopic (exact) mass is 308 g/mol. The minimum Gasteiger partial charge on any atom is -0.385 e. The molecular weight excluding hydrogens is 283 g/mol. The molecule has 0 bridgehead atoms. The Morgan fingerprint density at radius 2 is 2.27 bits per heavy atom. The Kier molecular flexibility index (Phi) is 6.19. The van der Waals surface area contributed by atoms with E-state index < -0.39 is 0 Å². The number of urea groups is 1. The van der Waals surface area contributed by atoms with Crippen molar-refractivity contribution in [1.82, 2.24) is 4.90 Å². The highest BCUT2D eigenvalue weighted by atomic mass is 19.1. The number of rotatable bonds is 5. The molecule has 0 saturated carbocycles. The van der Waals surface area contributed by atoms with Crippen molar-refractivity contribution in [3.8, 4) is 0 Å². The second-order valence-electron chi connectivity index (χ2n) is 5.87. The molecular formula is C17H25FN2O2. The van der Waals surface area contributed by atoms with Crippen LogP contribution in [0.3, 0.4) is 0 Å². The number of hydrogen-bond donors (Lipinski definition) is 1. The van der Waals surface area contributed by atoms with E-state index in [0.717, 1.165) is 50.8 Å². The van der Waals surface area contributed by atoms with Crippen LogP contribution in [-0.4, -0.2) is 37.2 Å². The first-order valence-electron chi connectivity index (χ1n) is 7.94. The summed E-state index contributed by atoms with van der Waals surface area (Å²) in [7, 11) is 1.69. The Labute approximate surface area is 131 Å². The number of ether oxygens (including phenoxy) is 1. The van der Waals surface area contributed by atoms with Crippen LogP contribution in [0.5, 0.6) is 0 Å². The first kappa shape index (κ1) is 16.7. The Morgan fingerprint density at radius 1 is 1.45 bits per heavy atom. The average Bonchev–Trinajstić information content (AvgIpc) is 2.51. The number of nitrogens with zero attached hydrogens (tertiary/aromatic N) is 1. The van der Waals surface area contributed by atoms with E-state index in [1.54, 1.807) is 13.2 Å². The lowest BCUT2D eigenvalue weighted by Gasteiger charge is -2.36. The highest BCUT2D eigenvalue weighted by Gasteiger charge is 2.26. The number of hydrogen-bond acceptors (Lipinski definition) is 2. The third kappa shape index (κ3) is 4.44. The maximum Gasteiger partial charge on any atom is 0.322 e. The van der Waals surface area contributed by atoms with Crippen LogP contribution >= 0.6 is 0 Å². The Bertz CT molecular complexity index is 507. The number of nitrogens with one attached hydrogen (secondary N) is 1. The summed E-state index contributed by atoms with van der Waals surface area (Å²) in [5, 5.41) is 2.86. The number of aryl methyl sites for hydroxylation is 1. The maximum atomic E-state index is 13.3. The van der Waals surface area contributed by atoms with E-state index >= 15 is 0 Å². The summed E-state index contributed by atoms with van der Waals surface area (Å²) in [6, 6.07) is 4.57. The Balaban J connectivity index is 2.00. The van der Waals surface area contributed by atoms with Gasteiger partial charge in [0.2, 0.25) is 0 Å². The number of carbonyl (C=O) groups excluding carboxylic acids is 1. The fraction of sp³-hybridized carbons (Fsp3) is 0.588. The summed E-state index contributed by atoms with van der Waals surface area (Å²) in [5.41, 5.74) is 1.41. The van der Waals surface area contributed by atoms with Crippen LogP contribution in [-0.2, 0) is 4.74 Å². The van der Waals surface area contributed by atoms with E-state index in [-0.39, 0.29) is 17.9 Å². The first-order chi connectivity index (χ1) is 10.6. The zero-order valence-electron chi connectivity index (χ0n) is 13.4. The molecule has 0 aliphatic carbocycles. The van der Waals surface area contributed by atoms with Gasteiger partial charge in [0.15, 0.2) is 0 Å². The number of methoxy groups -OCH3 is 1. The summed E-state index contributed by atoms with van der Waals surface area (Å²) in [5.74, 6) is -0.337. The van der Waals surface area contributed by atoms with Crippen LogP contribution in [0.4, 0.5) is 14.9 Å². The smallest absolute Gasteiger partial charge is 0.322 e. The third-order valence-corrected chi connectivity index (χ3v) is 4.22. The lowest BCUT2D eigenvalue weighted by atomic mass is 9.98. The van der Waals surface area contributed by atoms with Gasteiger partial charge in [0.1, 0.15) is 5.82 Å². The van der Waals surface area contributed by atoms with Gasteiger partial charge in [-0.05, 0) is 56.7 Å². The molecule has 1 atom stereocenters. The highest BCUT2D eigenvalue weighted by molar-refractivity contribution is 5.90. The van der Waals surface area contributed by atoms with Crippen molar-refractivity contribution in [2.75, 3.05) is 25.6 Å². The van der Waals surface area contributed by atoms with Crippen molar-refractivity contribution >= 4 is 11.7 Å². The topological polar surface area (TPSA) is 41.6 Å². The quantitative estimate of drug-likeness (QED) is 0.837. The van der Waals surface area contributed by atoms with Crippen LogP contribution in [0.1, 0.15) is 37.7 Å². The number of carbonyl (C=O) groups is 1. The second kappa shape index (κ2) is 8.13. The molecule has 0 radical (unpaired) electrons. The van der Waals surface area contributed by atoms with E-state index in [0.29, 0.717) is 5.69 Å². The number of likely N-dealkylation sites (tertiary alicyclic amines) is 1. The van der Waals surface area contributed by atoms with Crippen molar-refractivity contribution in [2.45, 2.75) is 45.1 Å². The van der Waals surface area contributed by atoms with Crippen molar-refractivity contribution in [3.05, 3.63) is 29.6 Å². The van der Waals surface area contributed by atoms with Gasteiger partial charge in [-0.3, -0.25) is 0 Å². The molecule has 4 nitrogen and oxygen atoms in total. The number of amides is 2. The molecule has 1 aromatic rings. The largest absolute Gasteiger partial charge is 0.385 e. The summed E-state index contributed by atoms with van der Waals surface area (Å²) >= 11 is 0. The van der Waals surface area contributed by atoms with Gasteiger partial charge in [-0.25, -0.2) is 9.18 Å². The molecule has 1 aliphatic heterocycles. The summed E-state index contributed by atoms with van der Waals surface area (Å²) < 4.78 is 18.4. The van der Waals surface area contributed by atoms with Gasteiger partial charge in [-0.15, -0.1) is 0 Å². The molecule has 2 rings (SSSR count). The molecule has 1 heterocycles. The lowest BCUT2D eigenvalue weighted by molar-refractivity contribution is 0.141. The fourth-order valence-electron chi connectivity index (χ4n) is 2.95. The molecule has 1 fully saturated rings. The van der Waals surface area contributed by atoms with Crippen molar-refractivity contribution in [2.24, 2.45) is 0 Å². The van der Waals surface area contributed by atoms with Crippen LogP contribution in [0.25, 0.3) is 0 Å². The van der Waals surface area contributed by atoms with Crippen LogP contribution in [0.15, 0.2) is 18.2 Å². The van der Waals surface area contributed by atoms with Gasteiger partial charge in [0.05, 0.1) is 0 Å². The highest BCUT2D eigenvalue weighted by Crippen LogP contribution is 2.23. The molecule has 2 amide bonds. The summed E-state index contributed by atoms with van der Waals surface area (Å²) in [6.07, 6.45) is 5.10. The van der Waals surface area contributed by atoms with Crippen LogP contribution < -0.4 is 5.32 Å². The minimum atomic E-state index is -0.337. The van der Waals surface area contributed by atoms with Crippen molar-refractivity contribution in [3.63, 3.8) is 0 Å². The predicted octanol–water partition coefficient (Wildman–Crippen LogP) is 3.95. The number of anilines is 1. The molecule has 22 heavy (non-hydrogen) atoms. The van der Waals surface area contributed by atoms with Crippen molar-refractivity contribution < 1.29 is 13.9 Å². The molecule has 1 saturated heterocycles. The van der Waals surface area contributed by atoms with Gasteiger partial charge in [-0.1, -0.05) is 6.07 Å². The minimum absolute atomic E-state index is 0.129. The number of halogens is 1. The number of piperidine rings is 1. The lowest BCUT2D eigenvalue weighted by Crippen LogP contribution is -2.46. The molecule has 1 N–H and O–H groups in total. The van der Waals surface area contributed by atoms with Gasteiger partial charge in [-0.2, -0.15) is 0 Å². The molecule has 1 aromatic carbocycles. The van der Waals surface area contributed by atoms with Gasteiger partial charge >= 0.3 is 6.03 Å². The van der Waals surface area contributed by atoms with Gasteiger partial charge in [0.25, 0.3) is 0 Å². The molecule has 5 heteroatoms. The first-order valence-corrected chi connectivity index (χ1v) is 7.94. The molecule has 1 aliphatic rings. The standard InChI is InChI=1S/C17H25FN2O2/c1-13-8-9-14(18)12-16(13)19-17(21)20-10-4-3-6-15(20)7-5-11-22-2/h8-9,12,15H,3-7,10-11H2,1-2H3,(H,19,21)/t15-/m1/s1. The zero-order chi connectivity index (χ0) is 15.9. The summed E-state index contributed by atoms with van der Waals surface area (Å²) in [4.78, 5) is 14.4. The molecule has 0 unspecified atom stereocenters. The second-order valence-corrected chi connectivity index (χ2v) is 5.87. The summed E-state index contributed by atoms with van der Waals surface area (Å²) in [6.45, 7) is 3.34. The zero-order valence-corrected chi connectivity index (χ0v) is 13.4. The molecule has 0 aromatic heterocycles. The number of benzene rings is 1. The normalized spacial score (nSPS) is 18.3. The van der Waals surface area contributed by atoms with E-state index in [1.165, 1.54) is 12.1 Å². The molecule has 122 valence electrons. The van der Waals surface area contributed by atoms with Crippen LogP contribution in [0, 0.1) is 12.7 Å². The van der Waals surface area contributed by atoms with E-state index in [1.807, 2.05) is 11.8 Å². The molecule has 0 spiro atoms. The van der Waals surface area contributed by atoms with Gasteiger partial charge < -0.3 is 15.0 Å². The SMILES string of the molecule is COCCC[C@H]1CCCCN1C(=O)Nc1cc(F)ccc1C.